The molecule has 0 aliphatic heterocycles. The summed E-state index contributed by atoms with van der Waals surface area (Å²) in [6.45, 7) is 5.92. The molecule has 92 valence electrons. The first-order chi connectivity index (χ1) is 8.13. The second kappa shape index (κ2) is 6.45. The van der Waals surface area contributed by atoms with Crippen LogP contribution in [0, 0.1) is 0 Å². The largest absolute Gasteiger partial charge is 0.322 e. The Balaban J connectivity index is 3.18. The van der Waals surface area contributed by atoms with E-state index in [1.165, 1.54) is 6.08 Å². The fourth-order valence-electron chi connectivity index (χ4n) is 1.78. The minimum absolute atomic E-state index is 0.112. The van der Waals surface area contributed by atoms with E-state index in [-0.39, 0.29) is 5.91 Å². The highest BCUT2D eigenvalue weighted by Crippen LogP contribution is 2.29. The van der Waals surface area contributed by atoms with Gasteiger partial charge in [0.1, 0.15) is 0 Å². The van der Waals surface area contributed by atoms with E-state index < -0.39 is 0 Å². The molecule has 3 heteroatoms. The number of carbonyl (C=O) groups is 1. The molecule has 1 aromatic carbocycles. The molecule has 0 aliphatic rings. The Labute approximate surface area is 108 Å². The van der Waals surface area contributed by atoms with Gasteiger partial charge in [0, 0.05) is 10.7 Å². The first-order valence-electron chi connectivity index (χ1n) is 5.87. The third kappa shape index (κ3) is 3.34. The molecular weight excluding hydrogens is 234 g/mol. The van der Waals surface area contributed by atoms with Crippen LogP contribution in [0.15, 0.2) is 24.3 Å². The molecule has 0 radical (unpaired) electrons. The van der Waals surface area contributed by atoms with E-state index in [9.17, 15) is 4.79 Å². The van der Waals surface area contributed by atoms with Crippen molar-refractivity contribution in [3.05, 3.63) is 40.4 Å². The SMILES string of the molecule is CC=CC(=O)Nc1c(CC)ccc(Cl)c1CC. The van der Waals surface area contributed by atoms with Crippen LogP contribution < -0.4 is 5.32 Å². The molecule has 0 heterocycles. The van der Waals surface area contributed by atoms with Gasteiger partial charge in [-0.3, -0.25) is 4.79 Å². The quantitative estimate of drug-likeness (QED) is 0.806. The Morgan fingerprint density at radius 1 is 1.35 bits per heavy atom. The minimum Gasteiger partial charge on any atom is -0.322 e. The molecule has 1 amide bonds. The monoisotopic (exact) mass is 251 g/mol. The van der Waals surface area contributed by atoms with Gasteiger partial charge in [0.2, 0.25) is 5.91 Å². The van der Waals surface area contributed by atoms with E-state index in [1.807, 2.05) is 26.0 Å². The van der Waals surface area contributed by atoms with Gasteiger partial charge in [0.15, 0.2) is 0 Å². The lowest BCUT2D eigenvalue weighted by Gasteiger charge is -2.14. The third-order valence-corrected chi connectivity index (χ3v) is 3.00. The van der Waals surface area contributed by atoms with Crippen molar-refractivity contribution in [1.29, 1.82) is 0 Å². The van der Waals surface area contributed by atoms with Crippen LogP contribution in [-0.2, 0) is 17.6 Å². The molecule has 17 heavy (non-hydrogen) atoms. The first kappa shape index (κ1) is 13.8. The fraction of sp³-hybridized carbons (Fsp3) is 0.357. The summed E-state index contributed by atoms with van der Waals surface area (Å²) in [4.78, 5) is 11.6. The second-order valence-electron chi connectivity index (χ2n) is 3.76. The molecule has 1 aromatic rings. The smallest absolute Gasteiger partial charge is 0.248 e. The van der Waals surface area contributed by atoms with Crippen molar-refractivity contribution in [3.63, 3.8) is 0 Å². The summed E-state index contributed by atoms with van der Waals surface area (Å²) in [6, 6.07) is 3.86. The molecule has 0 unspecified atom stereocenters. The van der Waals surface area contributed by atoms with Gasteiger partial charge in [-0.2, -0.15) is 0 Å². The number of anilines is 1. The van der Waals surface area contributed by atoms with Gasteiger partial charge in [-0.05, 0) is 43.0 Å². The van der Waals surface area contributed by atoms with Crippen LogP contribution >= 0.6 is 11.6 Å². The molecule has 0 atom stereocenters. The number of hydrogen-bond acceptors (Lipinski definition) is 1. The van der Waals surface area contributed by atoms with Crippen LogP contribution in [-0.4, -0.2) is 5.91 Å². The van der Waals surface area contributed by atoms with Crippen molar-refractivity contribution >= 4 is 23.2 Å². The van der Waals surface area contributed by atoms with Gasteiger partial charge in [-0.25, -0.2) is 0 Å². The Morgan fingerprint density at radius 2 is 2.06 bits per heavy atom. The molecule has 0 aromatic heterocycles. The van der Waals surface area contributed by atoms with Crippen molar-refractivity contribution in [2.75, 3.05) is 5.32 Å². The number of nitrogens with one attached hydrogen (secondary N) is 1. The number of halogens is 1. The number of hydrogen-bond donors (Lipinski definition) is 1. The average molecular weight is 252 g/mol. The predicted octanol–water partition coefficient (Wildman–Crippen LogP) is 3.98. The highest BCUT2D eigenvalue weighted by molar-refractivity contribution is 6.32. The summed E-state index contributed by atoms with van der Waals surface area (Å²) in [5.74, 6) is -0.112. The van der Waals surface area contributed by atoms with Crippen molar-refractivity contribution in [1.82, 2.24) is 0 Å². The molecule has 0 saturated carbocycles. The van der Waals surface area contributed by atoms with Crippen molar-refractivity contribution in [3.8, 4) is 0 Å². The van der Waals surface area contributed by atoms with Crippen LogP contribution in [0.1, 0.15) is 31.9 Å². The van der Waals surface area contributed by atoms with Gasteiger partial charge < -0.3 is 5.32 Å². The van der Waals surface area contributed by atoms with E-state index in [4.69, 9.17) is 11.6 Å². The summed E-state index contributed by atoms with van der Waals surface area (Å²) >= 11 is 6.15. The van der Waals surface area contributed by atoms with Gasteiger partial charge in [0.05, 0.1) is 0 Å². The topological polar surface area (TPSA) is 29.1 Å². The Hall–Kier alpha value is -1.28. The molecule has 0 aliphatic carbocycles. The molecule has 0 spiro atoms. The van der Waals surface area contributed by atoms with Crippen LogP contribution in [0.5, 0.6) is 0 Å². The Morgan fingerprint density at radius 3 is 2.59 bits per heavy atom. The zero-order valence-electron chi connectivity index (χ0n) is 10.5. The molecule has 0 fully saturated rings. The Bertz CT molecular complexity index is 438. The Kier molecular flexibility index (Phi) is 5.23. The first-order valence-corrected chi connectivity index (χ1v) is 6.25. The standard InChI is InChI=1S/C14H18ClNO/c1-4-7-13(17)16-14-10(5-2)8-9-12(15)11(14)6-3/h4,7-9H,5-6H2,1-3H3,(H,16,17). The highest BCUT2D eigenvalue weighted by atomic mass is 35.5. The average Bonchev–Trinajstić information content (AvgIpc) is 2.30. The minimum atomic E-state index is -0.112. The van der Waals surface area contributed by atoms with E-state index >= 15 is 0 Å². The zero-order valence-corrected chi connectivity index (χ0v) is 11.3. The normalized spacial score (nSPS) is 10.8. The van der Waals surface area contributed by atoms with Crippen molar-refractivity contribution in [2.45, 2.75) is 33.6 Å². The maximum atomic E-state index is 11.6. The molecule has 2 nitrogen and oxygen atoms in total. The lowest BCUT2D eigenvalue weighted by Crippen LogP contribution is -2.12. The fourth-order valence-corrected chi connectivity index (χ4v) is 2.07. The maximum Gasteiger partial charge on any atom is 0.248 e. The third-order valence-electron chi connectivity index (χ3n) is 2.64. The van der Waals surface area contributed by atoms with E-state index in [2.05, 4.69) is 12.2 Å². The molecule has 0 bridgehead atoms. The van der Waals surface area contributed by atoms with E-state index in [1.54, 1.807) is 6.08 Å². The van der Waals surface area contributed by atoms with E-state index in [0.29, 0.717) is 5.02 Å². The lowest BCUT2D eigenvalue weighted by molar-refractivity contribution is -0.111. The summed E-state index contributed by atoms with van der Waals surface area (Å²) in [6.07, 6.45) is 4.91. The van der Waals surface area contributed by atoms with Crippen LogP contribution in [0.4, 0.5) is 5.69 Å². The molecule has 0 saturated heterocycles. The summed E-state index contributed by atoms with van der Waals surface area (Å²) in [5, 5.41) is 3.62. The molecular formula is C14H18ClNO. The molecule has 1 N–H and O–H groups in total. The van der Waals surface area contributed by atoms with E-state index in [0.717, 1.165) is 29.7 Å². The summed E-state index contributed by atoms with van der Waals surface area (Å²) in [5.41, 5.74) is 2.98. The zero-order chi connectivity index (χ0) is 12.8. The van der Waals surface area contributed by atoms with Crippen LogP contribution in [0.25, 0.3) is 0 Å². The van der Waals surface area contributed by atoms with Gasteiger partial charge in [-0.15, -0.1) is 0 Å². The number of carbonyl (C=O) groups excluding carboxylic acids is 1. The van der Waals surface area contributed by atoms with Crippen LogP contribution in [0.2, 0.25) is 5.02 Å². The van der Waals surface area contributed by atoms with Crippen LogP contribution in [0.3, 0.4) is 0 Å². The second-order valence-corrected chi connectivity index (χ2v) is 4.16. The lowest BCUT2D eigenvalue weighted by atomic mass is 10.0. The predicted molar refractivity (Wildman–Crippen MR) is 73.7 cm³/mol. The van der Waals surface area contributed by atoms with Crippen molar-refractivity contribution in [2.24, 2.45) is 0 Å². The van der Waals surface area contributed by atoms with Crippen molar-refractivity contribution < 1.29 is 4.79 Å². The summed E-state index contributed by atoms with van der Waals surface area (Å²) < 4.78 is 0. The maximum absolute atomic E-state index is 11.6. The van der Waals surface area contributed by atoms with Gasteiger partial charge in [-0.1, -0.05) is 37.6 Å². The van der Waals surface area contributed by atoms with Gasteiger partial charge >= 0.3 is 0 Å². The number of rotatable bonds is 4. The number of amides is 1. The number of benzene rings is 1. The highest BCUT2D eigenvalue weighted by Gasteiger charge is 2.11. The summed E-state index contributed by atoms with van der Waals surface area (Å²) in [7, 11) is 0. The van der Waals surface area contributed by atoms with Gasteiger partial charge in [0.25, 0.3) is 0 Å². The number of aryl methyl sites for hydroxylation is 1. The number of allylic oxidation sites excluding steroid dienone is 1. The molecule has 1 rings (SSSR count).